The number of benzene rings is 2. The zero-order valence-electron chi connectivity index (χ0n) is 21.0. The molecule has 35 heavy (non-hydrogen) atoms. The topological polar surface area (TPSA) is 45.5 Å². The summed E-state index contributed by atoms with van der Waals surface area (Å²) in [6.07, 6.45) is 10.1. The molecule has 2 aromatic heterocycles. The first-order valence-corrected chi connectivity index (χ1v) is 12.3. The van der Waals surface area contributed by atoms with E-state index in [9.17, 15) is 0 Å². The van der Waals surface area contributed by atoms with Crippen LogP contribution in [0.2, 0.25) is 0 Å². The lowest BCUT2D eigenvalue weighted by atomic mass is 9.97. The Labute approximate surface area is 207 Å². The first kappa shape index (κ1) is 23.1. The third kappa shape index (κ3) is 4.52. The van der Waals surface area contributed by atoms with E-state index in [1.165, 1.54) is 16.8 Å². The van der Waals surface area contributed by atoms with Crippen LogP contribution in [0.3, 0.4) is 0 Å². The molecule has 5 rings (SSSR count). The Hall–Kier alpha value is -3.70. The summed E-state index contributed by atoms with van der Waals surface area (Å²) in [7, 11) is 0. The van der Waals surface area contributed by atoms with Gasteiger partial charge in [0, 0.05) is 54.4 Å². The van der Waals surface area contributed by atoms with Crippen molar-refractivity contribution in [2.75, 3.05) is 18.0 Å². The number of nitrogens with zero attached hydrogens (tertiary/aromatic N) is 4. The largest absolute Gasteiger partial charge is 0.364 e. The Morgan fingerprint density at radius 2 is 1.74 bits per heavy atom. The van der Waals surface area contributed by atoms with Crippen molar-refractivity contribution in [1.29, 1.82) is 0 Å². The summed E-state index contributed by atoms with van der Waals surface area (Å²) >= 11 is 0. The standard InChI is InChI=1S/C30H33N5/c1-20(2)9-14-27-21(3)7-6-8-28(27)29-18-33-34-19-25(17-32-30(29)34)24-10-12-26(13-11-24)35-22(4)15-31-16-23(35)5/h6-14,17-19,22-23,31H,1,15-16H2,2-5H3/b14-9-/t22-,23+. The summed E-state index contributed by atoms with van der Waals surface area (Å²) in [5.74, 6) is 0. The van der Waals surface area contributed by atoms with E-state index in [0.717, 1.165) is 46.6 Å². The molecule has 2 atom stereocenters. The van der Waals surface area contributed by atoms with Crippen LogP contribution in [0.15, 0.2) is 79.3 Å². The Balaban J connectivity index is 1.47. The van der Waals surface area contributed by atoms with Crippen molar-refractivity contribution in [3.8, 4) is 22.3 Å². The Morgan fingerprint density at radius 1 is 1.00 bits per heavy atom. The van der Waals surface area contributed by atoms with Crippen molar-refractivity contribution in [1.82, 2.24) is 19.9 Å². The van der Waals surface area contributed by atoms with Gasteiger partial charge < -0.3 is 10.2 Å². The summed E-state index contributed by atoms with van der Waals surface area (Å²) in [6, 6.07) is 16.1. The number of nitrogens with one attached hydrogen (secondary N) is 1. The SMILES string of the molecule is C=C(C)/C=C\c1c(C)cccc1-c1cnn2cc(-c3ccc(N4[C@H](C)CNC[C@@H]4C)cc3)cnc12. The summed E-state index contributed by atoms with van der Waals surface area (Å²) in [6.45, 7) is 14.7. The van der Waals surface area contributed by atoms with Gasteiger partial charge in [-0.3, -0.25) is 0 Å². The molecule has 0 bridgehead atoms. The number of rotatable bonds is 5. The molecule has 1 aliphatic heterocycles. The van der Waals surface area contributed by atoms with E-state index in [2.05, 4.69) is 103 Å². The van der Waals surface area contributed by atoms with Crippen LogP contribution < -0.4 is 10.2 Å². The van der Waals surface area contributed by atoms with E-state index in [0.29, 0.717) is 12.1 Å². The van der Waals surface area contributed by atoms with Crippen molar-refractivity contribution in [2.45, 2.75) is 39.8 Å². The van der Waals surface area contributed by atoms with Crippen molar-refractivity contribution in [3.63, 3.8) is 0 Å². The minimum Gasteiger partial charge on any atom is -0.364 e. The van der Waals surface area contributed by atoms with Gasteiger partial charge in [-0.15, -0.1) is 0 Å². The highest BCUT2D eigenvalue weighted by atomic mass is 15.2. The highest BCUT2D eigenvalue weighted by molar-refractivity contribution is 5.85. The predicted molar refractivity (Wildman–Crippen MR) is 147 cm³/mol. The fraction of sp³-hybridized carbons (Fsp3) is 0.267. The van der Waals surface area contributed by atoms with E-state index in [1.54, 1.807) is 0 Å². The number of hydrogen-bond acceptors (Lipinski definition) is 4. The molecule has 1 saturated heterocycles. The number of allylic oxidation sites excluding steroid dienone is 2. The van der Waals surface area contributed by atoms with Crippen molar-refractivity contribution < 1.29 is 0 Å². The lowest BCUT2D eigenvalue weighted by molar-refractivity contribution is 0.432. The quantitative estimate of drug-likeness (QED) is 0.361. The molecule has 0 aliphatic carbocycles. The second-order valence-corrected chi connectivity index (χ2v) is 9.70. The molecule has 0 radical (unpaired) electrons. The van der Waals surface area contributed by atoms with Crippen LogP contribution in [0.5, 0.6) is 0 Å². The second-order valence-electron chi connectivity index (χ2n) is 9.70. The van der Waals surface area contributed by atoms with Crippen molar-refractivity contribution >= 4 is 17.4 Å². The predicted octanol–water partition coefficient (Wildman–Crippen LogP) is 6.15. The lowest BCUT2D eigenvalue weighted by Crippen LogP contribution is -2.55. The van der Waals surface area contributed by atoms with Crippen LogP contribution in [0.1, 0.15) is 31.9 Å². The maximum absolute atomic E-state index is 4.84. The molecule has 1 fully saturated rings. The van der Waals surface area contributed by atoms with Crippen LogP contribution in [-0.2, 0) is 0 Å². The molecule has 0 amide bonds. The first-order chi connectivity index (χ1) is 16.9. The zero-order chi connectivity index (χ0) is 24.5. The number of piperazine rings is 1. The number of anilines is 1. The van der Waals surface area contributed by atoms with Crippen LogP contribution in [0, 0.1) is 6.92 Å². The first-order valence-electron chi connectivity index (χ1n) is 12.3. The molecule has 0 saturated carbocycles. The molecule has 2 aromatic carbocycles. The van der Waals surface area contributed by atoms with Gasteiger partial charge in [-0.05, 0) is 62.1 Å². The molecule has 3 heterocycles. The maximum atomic E-state index is 4.84. The Bertz CT molecular complexity index is 1390. The maximum Gasteiger partial charge on any atom is 0.162 e. The normalized spacial score (nSPS) is 18.5. The Morgan fingerprint density at radius 3 is 2.46 bits per heavy atom. The average Bonchev–Trinajstić information content (AvgIpc) is 3.26. The summed E-state index contributed by atoms with van der Waals surface area (Å²) in [5, 5.41) is 8.16. The third-order valence-corrected chi connectivity index (χ3v) is 6.83. The average molecular weight is 464 g/mol. The molecule has 5 nitrogen and oxygen atoms in total. The van der Waals surface area contributed by atoms with E-state index < -0.39 is 0 Å². The smallest absolute Gasteiger partial charge is 0.162 e. The van der Waals surface area contributed by atoms with Gasteiger partial charge in [0.1, 0.15) is 0 Å². The van der Waals surface area contributed by atoms with Gasteiger partial charge >= 0.3 is 0 Å². The van der Waals surface area contributed by atoms with Gasteiger partial charge in [0.2, 0.25) is 0 Å². The highest BCUT2D eigenvalue weighted by Crippen LogP contribution is 2.32. The highest BCUT2D eigenvalue weighted by Gasteiger charge is 2.24. The van der Waals surface area contributed by atoms with E-state index in [1.807, 2.05) is 23.8 Å². The number of fused-ring (bicyclic) bond motifs is 1. The fourth-order valence-electron chi connectivity index (χ4n) is 5.04. The van der Waals surface area contributed by atoms with Gasteiger partial charge in [-0.1, -0.05) is 54.6 Å². The van der Waals surface area contributed by atoms with Gasteiger partial charge in [0.15, 0.2) is 5.65 Å². The minimum absolute atomic E-state index is 0.474. The van der Waals surface area contributed by atoms with Gasteiger partial charge in [0.25, 0.3) is 0 Å². The van der Waals surface area contributed by atoms with Crippen molar-refractivity contribution in [2.24, 2.45) is 0 Å². The second kappa shape index (κ2) is 9.51. The zero-order valence-corrected chi connectivity index (χ0v) is 21.0. The summed E-state index contributed by atoms with van der Waals surface area (Å²) in [5.41, 5.74) is 9.86. The van der Waals surface area contributed by atoms with Crippen LogP contribution in [-0.4, -0.2) is 39.8 Å². The Kier molecular flexibility index (Phi) is 6.27. The third-order valence-electron chi connectivity index (χ3n) is 6.83. The molecule has 178 valence electrons. The minimum atomic E-state index is 0.474. The van der Waals surface area contributed by atoms with Crippen LogP contribution in [0.4, 0.5) is 5.69 Å². The molecule has 0 spiro atoms. The van der Waals surface area contributed by atoms with Crippen LogP contribution in [0.25, 0.3) is 34.0 Å². The summed E-state index contributed by atoms with van der Waals surface area (Å²) in [4.78, 5) is 7.34. The van der Waals surface area contributed by atoms with Crippen molar-refractivity contribution in [3.05, 3.63) is 90.4 Å². The van der Waals surface area contributed by atoms with Crippen LogP contribution >= 0.6 is 0 Å². The number of aryl methyl sites for hydroxylation is 1. The molecule has 1 N–H and O–H groups in total. The molecule has 0 unspecified atom stereocenters. The number of aromatic nitrogens is 3. The molecular formula is C30H33N5. The van der Waals surface area contributed by atoms with E-state index in [-0.39, 0.29) is 0 Å². The molecule has 1 aliphatic rings. The molecule has 5 heteroatoms. The van der Waals surface area contributed by atoms with Gasteiger partial charge in [-0.2, -0.15) is 5.10 Å². The number of hydrogen-bond donors (Lipinski definition) is 1. The molecule has 4 aromatic rings. The monoisotopic (exact) mass is 463 g/mol. The summed E-state index contributed by atoms with van der Waals surface area (Å²) < 4.78 is 1.88. The van der Waals surface area contributed by atoms with Gasteiger partial charge in [-0.25, -0.2) is 9.50 Å². The van der Waals surface area contributed by atoms with E-state index in [4.69, 9.17) is 4.98 Å². The fourth-order valence-corrected chi connectivity index (χ4v) is 5.04. The van der Waals surface area contributed by atoms with Gasteiger partial charge in [0.05, 0.1) is 6.20 Å². The lowest BCUT2D eigenvalue weighted by Gasteiger charge is -2.41. The van der Waals surface area contributed by atoms with E-state index >= 15 is 0 Å². The molecular weight excluding hydrogens is 430 g/mol.